The summed E-state index contributed by atoms with van der Waals surface area (Å²) in [5, 5.41) is 1.77. The highest BCUT2D eigenvalue weighted by molar-refractivity contribution is 8.04. The lowest BCUT2D eigenvalue weighted by atomic mass is 10.1. The maximum absolute atomic E-state index is 12.2. The van der Waals surface area contributed by atoms with Crippen molar-refractivity contribution in [1.82, 2.24) is 14.5 Å². The summed E-state index contributed by atoms with van der Waals surface area (Å²) in [7, 11) is 1.55. The lowest BCUT2D eigenvalue weighted by molar-refractivity contribution is -0.117. The predicted octanol–water partition coefficient (Wildman–Crippen LogP) is 2.59. The normalized spacial score (nSPS) is 20.7. The maximum atomic E-state index is 12.2. The smallest absolute Gasteiger partial charge is 0.211 e. The van der Waals surface area contributed by atoms with Crippen LogP contribution >= 0.6 is 11.8 Å². The van der Waals surface area contributed by atoms with E-state index < -0.39 is 0 Å². The van der Waals surface area contributed by atoms with Gasteiger partial charge in [-0.25, -0.2) is 4.98 Å². The first-order chi connectivity index (χ1) is 11.3. The number of hydrogen-bond acceptors (Lipinski definition) is 5. The molecule has 0 N–H and O–H groups in total. The standard InChI is InChI=1S/C17H21N3O2S/c1-22-15-12-23-16(17(15)21)11-14-5-2-3-8-20(14)9-4-7-19-10-6-18-13-19/h2-3,5-6,10,12-13,16H,4,7-9,11H2,1H3. The monoisotopic (exact) mass is 331 g/mol. The van der Waals surface area contributed by atoms with Crippen LogP contribution in [0, 0.1) is 0 Å². The van der Waals surface area contributed by atoms with Crippen LogP contribution in [0.1, 0.15) is 12.8 Å². The highest BCUT2D eigenvalue weighted by atomic mass is 32.2. The van der Waals surface area contributed by atoms with Crippen LogP contribution in [0.5, 0.6) is 0 Å². The van der Waals surface area contributed by atoms with Gasteiger partial charge in [-0.05, 0) is 12.5 Å². The van der Waals surface area contributed by atoms with Crippen molar-refractivity contribution in [3.8, 4) is 0 Å². The van der Waals surface area contributed by atoms with Gasteiger partial charge in [-0.15, -0.1) is 11.8 Å². The Labute approximate surface area is 140 Å². The third-order valence-corrected chi connectivity index (χ3v) is 5.11. The van der Waals surface area contributed by atoms with Crippen molar-refractivity contribution in [2.75, 3.05) is 20.2 Å². The Hall–Kier alpha value is -1.95. The second-order valence-corrected chi connectivity index (χ2v) is 6.64. The van der Waals surface area contributed by atoms with Crippen LogP contribution in [0.2, 0.25) is 0 Å². The molecule has 6 heteroatoms. The molecule has 3 rings (SSSR count). The molecule has 23 heavy (non-hydrogen) atoms. The Balaban J connectivity index is 1.53. The number of rotatable bonds is 7. The number of allylic oxidation sites excluding steroid dienone is 4. The molecule has 0 radical (unpaired) electrons. The van der Waals surface area contributed by atoms with Gasteiger partial charge in [-0.2, -0.15) is 0 Å². The van der Waals surface area contributed by atoms with Gasteiger partial charge in [0.05, 0.1) is 18.7 Å². The summed E-state index contributed by atoms with van der Waals surface area (Å²) in [5.41, 5.74) is 1.23. The minimum Gasteiger partial charge on any atom is -0.492 e. The van der Waals surface area contributed by atoms with E-state index in [0.717, 1.165) is 32.5 Å². The molecule has 0 aliphatic carbocycles. The molecule has 0 fully saturated rings. The number of carbonyl (C=O) groups is 1. The van der Waals surface area contributed by atoms with Gasteiger partial charge in [0.2, 0.25) is 5.78 Å². The number of ether oxygens (including phenoxy) is 1. The number of imidazole rings is 1. The van der Waals surface area contributed by atoms with Crippen LogP contribution in [-0.2, 0) is 16.1 Å². The molecule has 0 saturated heterocycles. The number of carbonyl (C=O) groups excluding carboxylic acids is 1. The Morgan fingerprint density at radius 3 is 3.09 bits per heavy atom. The molecular formula is C17H21N3O2S. The van der Waals surface area contributed by atoms with Crippen molar-refractivity contribution in [1.29, 1.82) is 0 Å². The fraction of sp³-hybridized carbons (Fsp3) is 0.412. The Morgan fingerprint density at radius 2 is 2.35 bits per heavy atom. The highest BCUT2D eigenvalue weighted by Crippen LogP contribution is 2.33. The van der Waals surface area contributed by atoms with E-state index in [-0.39, 0.29) is 11.0 Å². The number of aryl methyl sites for hydroxylation is 1. The molecule has 0 saturated carbocycles. The summed E-state index contributed by atoms with van der Waals surface area (Å²) in [4.78, 5) is 18.6. The molecule has 1 atom stereocenters. The summed E-state index contributed by atoms with van der Waals surface area (Å²) in [6.45, 7) is 2.84. The van der Waals surface area contributed by atoms with E-state index >= 15 is 0 Å². The largest absolute Gasteiger partial charge is 0.492 e. The van der Waals surface area contributed by atoms with Crippen molar-refractivity contribution in [3.05, 3.63) is 53.8 Å². The van der Waals surface area contributed by atoms with Crippen molar-refractivity contribution >= 4 is 17.5 Å². The number of nitrogens with zero attached hydrogens (tertiary/aromatic N) is 3. The van der Waals surface area contributed by atoms with E-state index in [9.17, 15) is 4.79 Å². The van der Waals surface area contributed by atoms with E-state index in [1.54, 1.807) is 25.1 Å². The molecule has 0 aromatic carbocycles. The van der Waals surface area contributed by atoms with Gasteiger partial charge in [0.25, 0.3) is 0 Å². The number of hydrogen-bond donors (Lipinski definition) is 0. The zero-order chi connectivity index (χ0) is 16.1. The number of Topliss-reactive ketones (excluding diaryl/α,β-unsaturated/α-hetero) is 1. The number of ketones is 1. The Kier molecular flexibility index (Phi) is 5.23. The zero-order valence-electron chi connectivity index (χ0n) is 13.2. The third-order valence-electron chi connectivity index (χ3n) is 4.05. The first kappa shape index (κ1) is 15.9. The Bertz CT molecular complexity index is 634. The summed E-state index contributed by atoms with van der Waals surface area (Å²) in [6, 6.07) is 0. The molecule has 2 aliphatic rings. The molecule has 0 spiro atoms. The van der Waals surface area contributed by atoms with Gasteiger partial charge in [-0.3, -0.25) is 4.79 Å². The van der Waals surface area contributed by atoms with Crippen LogP contribution in [0.15, 0.2) is 53.8 Å². The molecule has 0 amide bonds. The first-order valence-corrected chi connectivity index (χ1v) is 8.72. The lowest BCUT2D eigenvalue weighted by Gasteiger charge is -2.29. The fourth-order valence-electron chi connectivity index (χ4n) is 2.79. The number of thioether (sulfide) groups is 1. The van der Waals surface area contributed by atoms with E-state index in [0.29, 0.717) is 5.76 Å². The van der Waals surface area contributed by atoms with Crippen LogP contribution in [-0.4, -0.2) is 45.7 Å². The number of aromatic nitrogens is 2. The molecule has 1 aromatic rings. The molecule has 1 aromatic heterocycles. The fourth-order valence-corrected chi connectivity index (χ4v) is 3.79. The van der Waals surface area contributed by atoms with Crippen molar-refractivity contribution in [3.63, 3.8) is 0 Å². The second kappa shape index (κ2) is 7.55. The minimum absolute atomic E-state index is 0.0566. The molecule has 1 unspecified atom stereocenters. The Morgan fingerprint density at radius 1 is 1.43 bits per heavy atom. The first-order valence-electron chi connectivity index (χ1n) is 7.78. The van der Waals surface area contributed by atoms with Crippen molar-refractivity contribution < 1.29 is 9.53 Å². The lowest BCUT2D eigenvalue weighted by Crippen LogP contribution is -2.29. The minimum atomic E-state index is -0.0566. The van der Waals surface area contributed by atoms with E-state index in [2.05, 4.69) is 32.7 Å². The van der Waals surface area contributed by atoms with Gasteiger partial charge < -0.3 is 14.2 Å². The summed E-state index contributed by atoms with van der Waals surface area (Å²) in [5.74, 6) is 0.588. The average molecular weight is 331 g/mol. The van der Waals surface area contributed by atoms with Crippen LogP contribution in [0.3, 0.4) is 0 Å². The second-order valence-electron chi connectivity index (χ2n) is 5.57. The molecule has 3 heterocycles. The van der Waals surface area contributed by atoms with Gasteiger partial charge >= 0.3 is 0 Å². The zero-order valence-corrected chi connectivity index (χ0v) is 14.0. The molecular weight excluding hydrogens is 310 g/mol. The predicted molar refractivity (Wildman–Crippen MR) is 91.7 cm³/mol. The van der Waals surface area contributed by atoms with Crippen molar-refractivity contribution in [2.45, 2.75) is 24.6 Å². The van der Waals surface area contributed by atoms with Crippen molar-refractivity contribution in [2.24, 2.45) is 0 Å². The summed E-state index contributed by atoms with van der Waals surface area (Å²) >= 11 is 1.56. The van der Waals surface area contributed by atoms with Crippen LogP contribution in [0.4, 0.5) is 0 Å². The van der Waals surface area contributed by atoms with Gasteiger partial charge in [0.1, 0.15) is 0 Å². The van der Waals surface area contributed by atoms with Crippen LogP contribution < -0.4 is 0 Å². The highest BCUT2D eigenvalue weighted by Gasteiger charge is 2.30. The summed E-state index contributed by atoms with van der Waals surface area (Å²) in [6.07, 6.45) is 13.8. The van der Waals surface area contributed by atoms with Crippen LogP contribution in [0.25, 0.3) is 0 Å². The SMILES string of the molecule is COC1=CSC(CC2=CC=CCN2CCCn2ccnc2)C1=O. The molecule has 0 bridgehead atoms. The van der Waals surface area contributed by atoms with Gasteiger partial charge in [0, 0.05) is 49.6 Å². The quantitative estimate of drug-likeness (QED) is 0.768. The average Bonchev–Trinajstić information content (AvgIpc) is 3.20. The topological polar surface area (TPSA) is 47.4 Å². The molecule has 2 aliphatic heterocycles. The van der Waals surface area contributed by atoms with E-state index in [1.807, 2.05) is 17.9 Å². The third kappa shape index (κ3) is 3.88. The van der Waals surface area contributed by atoms with Gasteiger partial charge in [-0.1, -0.05) is 12.2 Å². The molecule has 5 nitrogen and oxygen atoms in total. The maximum Gasteiger partial charge on any atom is 0.211 e. The van der Waals surface area contributed by atoms with E-state index in [1.165, 1.54) is 5.70 Å². The van der Waals surface area contributed by atoms with Gasteiger partial charge in [0.15, 0.2) is 5.76 Å². The molecule has 122 valence electrons. The number of methoxy groups -OCH3 is 1. The summed E-state index contributed by atoms with van der Waals surface area (Å²) < 4.78 is 7.20. The van der Waals surface area contributed by atoms with E-state index in [4.69, 9.17) is 4.74 Å².